The van der Waals surface area contributed by atoms with Crippen molar-refractivity contribution in [3.63, 3.8) is 0 Å². The second-order valence-electron chi connectivity index (χ2n) is 5.98. The van der Waals surface area contributed by atoms with Crippen molar-refractivity contribution in [3.05, 3.63) is 99.0 Å². The highest BCUT2D eigenvalue weighted by molar-refractivity contribution is 9.10. The first kappa shape index (κ1) is 20.2. The summed E-state index contributed by atoms with van der Waals surface area (Å²) >= 11 is 9.71. The number of ether oxygens (including phenoxy) is 2. The van der Waals surface area contributed by atoms with E-state index in [2.05, 4.69) is 15.9 Å². The number of methoxy groups -OCH3 is 1. The van der Waals surface area contributed by atoms with E-state index in [0.717, 1.165) is 15.6 Å². The zero-order valence-electron chi connectivity index (χ0n) is 15.2. The van der Waals surface area contributed by atoms with Crippen molar-refractivity contribution in [2.24, 2.45) is 0 Å². The second kappa shape index (κ2) is 9.58. The first-order chi connectivity index (χ1) is 13.6. The maximum absolute atomic E-state index is 12.2. The van der Waals surface area contributed by atoms with Gasteiger partial charge in [-0.3, -0.25) is 4.79 Å². The number of hydrogen-bond acceptors (Lipinski definition) is 3. The molecule has 0 fully saturated rings. The van der Waals surface area contributed by atoms with E-state index >= 15 is 0 Å². The normalized spacial score (nSPS) is 10.8. The summed E-state index contributed by atoms with van der Waals surface area (Å²) in [5.74, 6) is 1.08. The molecule has 0 atom stereocenters. The highest BCUT2D eigenvalue weighted by Gasteiger charge is 2.12. The van der Waals surface area contributed by atoms with Crippen molar-refractivity contribution >= 4 is 39.4 Å². The number of benzene rings is 3. The minimum absolute atomic E-state index is 0.0604. The minimum atomic E-state index is -0.0604. The minimum Gasteiger partial charge on any atom is -0.493 e. The summed E-state index contributed by atoms with van der Waals surface area (Å²) < 4.78 is 12.1. The summed E-state index contributed by atoms with van der Waals surface area (Å²) in [6.07, 6.45) is 3.29. The highest BCUT2D eigenvalue weighted by atomic mass is 79.9. The predicted molar refractivity (Wildman–Crippen MR) is 116 cm³/mol. The van der Waals surface area contributed by atoms with Gasteiger partial charge in [0, 0.05) is 16.1 Å². The molecule has 0 aromatic heterocycles. The van der Waals surface area contributed by atoms with Gasteiger partial charge in [0.1, 0.15) is 6.61 Å². The average Bonchev–Trinajstić information content (AvgIpc) is 2.72. The van der Waals surface area contributed by atoms with E-state index < -0.39 is 0 Å². The number of carbonyl (C=O) groups is 1. The van der Waals surface area contributed by atoms with E-state index in [1.165, 1.54) is 0 Å². The molecule has 28 heavy (non-hydrogen) atoms. The maximum atomic E-state index is 12.2. The Labute approximate surface area is 177 Å². The fraction of sp³-hybridized carbons (Fsp3) is 0.0870. The molecular formula is C23H18BrClO3. The van der Waals surface area contributed by atoms with Crippen LogP contribution >= 0.6 is 27.5 Å². The number of carbonyl (C=O) groups excluding carboxylic acids is 1. The van der Waals surface area contributed by atoms with Crippen LogP contribution in [-0.4, -0.2) is 12.9 Å². The Morgan fingerprint density at radius 1 is 1.07 bits per heavy atom. The van der Waals surface area contributed by atoms with E-state index in [0.29, 0.717) is 28.7 Å². The zero-order chi connectivity index (χ0) is 19.9. The fourth-order valence-electron chi connectivity index (χ4n) is 2.61. The Hall–Kier alpha value is -2.56. The topological polar surface area (TPSA) is 35.5 Å². The maximum Gasteiger partial charge on any atom is 0.185 e. The molecule has 0 aliphatic heterocycles. The van der Waals surface area contributed by atoms with Gasteiger partial charge in [-0.2, -0.15) is 0 Å². The van der Waals surface area contributed by atoms with Gasteiger partial charge < -0.3 is 9.47 Å². The lowest BCUT2D eigenvalue weighted by molar-refractivity contribution is 0.104. The molecule has 0 spiro atoms. The van der Waals surface area contributed by atoms with Crippen LogP contribution in [0.15, 0.2) is 77.3 Å². The number of hydrogen-bond donors (Lipinski definition) is 0. The molecule has 3 aromatic rings. The molecule has 3 rings (SSSR count). The van der Waals surface area contributed by atoms with Crippen LogP contribution in [0, 0.1) is 0 Å². The van der Waals surface area contributed by atoms with Gasteiger partial charge in [-0.15, -0.1) is 0 Å². The van der Waals surface area contributed by atoms with Crippen molar-refractivity contribution in [3.8, 4) is 11.5 Å². The van der Waals surface area contributed by atoms with E-state index in [9.17, 15) is 4.79 Å². The molecule has 142 valence electrons. The monoisotopic (exact) mass is 456 g/mol. The lowest BCUT2D eigenvalue weighted by Gasteiger charge is -2.14. The molecule has 3 nitrogen and oxygen atoms in total. The van der Waals surface area contributed by atoms with E-state index in [1.807, 2.05) is 54.6 Å². The van der Waals surface area contributed by atoms with Crippen molar-refractivity contribution in [1.29, 1.82) is 0 Å². The molecular weight excluding hydrogens is 440 g/mol. The molecule has 0 saturated heterocycles. The molecule has 0 saturated carbocycles. The number of rotatable bonds is 7. The summed E-state index contributed by atoms with van der Waals surface area (Å²) in [7, 11) is 1.58. The van der Waals surface area contributed by atoms with Crippen LogP contribution in [0.4, 0.5) is 0 Å². The average molecular weight is 458 g/mol. The van der Waals surface area contributed by atoms with Crippen molar-refractivity contribution in [1.82, 2.24) is 0 Å². The van der Waals surface area contributed by atoms with Gasteiger partial charge >= 0.3 is 0 Å². The van der Waals surface area contributed by atoms with Crippen LogP contribution in [-0.2, 0) is 6.61 Å². The molecule has 0 unspecified atom stereocenters. The third-order valence-corrected chi connectivity index (χ3v) is 5.02. The van der Waals surface area contributed by atoms with Gasteiger partial charge in [0.25, 0.3) is 0 Å². The van der Waals surface area contributed by atoms with Crippen molar-refractivity contribution < 1.29 is 14.3 Å². The Balaban J connectivity index is 1.78. The number of halogens is 2. The molecule has 0 bridgehead atoms. The van der Waals surface area contributed by atoms with Crippen LogP contribution < -0.4 is 9.47 Å². The van der Waals surface area contributed by atoms with Crippen molar-refractivity contribution in [2.75, 3.05) is 7.11 Å². The Morgan fingerprint density at radius 3 is 2.50 bits per heavy atom. The molecule has 0 aliphatic rings. The molecule has 5 heteroatoms. The molecule has 0 aliphatic carbocycles. The van der Waals surface area contributed by atoms with Gasteiger partial charge in [0.15, 0.2) is 17.3 Å². The van der Waals surface area contributed by atoms with Gasteiger partial charge in [-0.25, -0.2) is 0 Å². The summed E-state index contributed by atoms with van der Waals surface area (Å²) in [6, 6.07) is 20.3. The SMILES string of the molecule is COc1cc(/C=C/C(=O)c2ccccc2)cc(Br)c1OCc1ccccc1Cl. The molecule has 0 radical (unpaired) electrons. The van der Waals surface area contributed by atoms with Crippen LogP contribution in [0.5, 0.6) is 11.5 Å². The number of ketones is 1. The first-order valence-electron chi connectivity index (χ1n) is 8.59. The highest BCUT2D eigenvalue weighted by Crippen LogP contribution is 2.38. The van der Waals surface area contributed by atoms with E-state index in [1.54, 1.807) is 31.4 Å². The molecule has 0 N–H and O–H groups in total. The summed E-state index contributed by atoms with van der Waals surface area (Å²) in [5.41, 5.74) is 2.35. The smallest absolute Gasteiger partial charge is 0.185 e. The van der Waals surface area contributed by atoms with Gasteiger partial charge in [-0.05, 0) is 45.8 Å². The largest absolute Gasteiger partial charge is 0.493 e. The Morgan fingerprint density at radius 2 is 1.79 bits per heavy atom. The van der Waals surface area contributed by atoms with Gasteiger partial charge in [-0.1, -0.05) is 66.2 Å². The lowest BCUT2D eigenvalue weighted by Crippen LogP contribution is -1.99. The third-order valence-electron chi connectivity index (χ3n) is 4.07. The zero-order valence-corrected chi connectivity index (χ0v) is 17.5. The predicted octanol–water partition coefficient (Wildman–Crippen LogP) is 6.59. The fourth-order valence-corrected chi connectivity index (χ4v) is 3.38. The second-order valence-corrected chi connectivity index (χ2v) is 7.24. The third kappa shape index (κ3) is 5.03. The van der Waals surface area contributed by atoms with Crippen LogP contribution in [0.3, 0.4) is 0 Å². The van der Waals surface area contributed by atoms with Crippen LogP contribution in [0.25, 0.3) is 6.08 Å². The number of allylic oxidation sites excluding steroid dienone is 1. The quantitative estimate of drug-likeness (QED) is 0.297. The lowest BCUT2D eigenvalue weighted by atomic mass is 10.1. The van der Waals surface area contributed by atoms with Crippen LogP contribution in [0.1, 0.15) is 21.5 Å². The molecule has 0 amide bonds. The Kier molecular flexibility index (Phi) is 6.90. The standard InChI is InChI=1S/C23H18BrClO3/c1-27-22-14-16(11-12-21(26)17-7-3-2-4-8-17)13-19(24)23(22)28-15-18-9-5-6-10-20(18)25/h2-14H,15H2,1H3/b12-11+. The van der Waals surface area contributed by atoms with E-state index in [4.69, 9.17) is 21.1 Å². The van der Waals surface area contributed by atoms with Gasteiger partial charge in [0.2, 0.25) is 0 Å². The first-order valence-corrected chi connectivity index (χ1v) is 9.77. The Bertz CT molecular complexity index is 1000. The summed E-state index contributed by atoms with van der Waals surface area (Å²) in [6.45, 7) is 0.316. The van der Waals surface area contributed by atoms with Crippen molar-refractivity contribution in [2.45, 2.75) is 6.61 Å². The summed E-state index contributed by atoms with van der Waals surface area (Å²) in [5, 5.41) is 0.650. The van der Waals surface area contributed by atoms with Crippen LogP contribution in [0.2, 0.25) is 5.02 Å². The van der Waals surface area contributed by atoms with Gasteiger partial charge in [0.05, 0.1) is 11.6 Å². The molecule has 0 heterocycles. The van der Waals surface area contributed by atoms with E-state index in [-0.39, 0.29) is 5.78 Å². The molecule has 3 aromatic carbocycles. The summed E-state index contributed by atoms with van der Waals surface area (Å²) in [4.78, 5) is 12.2.